The maximum atomic E-state index is 14.0. The lowest BCUT2D eigenvalue weighted by Gasteiger charge is -2.60. The lowest BCUT2D eigenvalue weighted by atomic mass is 9.52. The van der Waals surface area contributed by atoms with Crippen molar-refractivity contribution in [2.75, 3.05) is 6.61 Å². The van der Waals surface area contributed by atoms with Gasteiger partial charge in [0.05, 0.1) is 22.9 Å². The molecular weight excluding hydrogens is 380 g/mol. The highest BCUT2D eigenvalue weighted by molar-refractivity contribution is 5.95. The van der Waals surface area contributed by atoms with Gasteiger partial charge < -0.3 is 9.84 Å². The van der Waals surface area contributed by atoms with Crippen molar-refractivity contribution in [2.24, 2.45) is 17.8 Å². The maximum Gasteiger partial charge on any atom is 0.271 e. The lowest BCUT2D eigenvalue weighted by molar-refractivity contribution is -0.161. The van der Waals surface area contributed by atoms with E-state index in [2.05, 4.69) is 15.4 Å². The third-order valence-corrected chi connectivity index (χ3v) is 8.34. The van der Waals surface area contributed by atoms with Gasteiger partial charge in [-0.05, 0) is 75.5 Å². The number of aliphatic hydroxyl groups is 1. The highest BCUT2D eigenvalue weighted by Crippen LogP contribution is 2.57. The normalized spacial score (nSPS) is 39.8. The minimum atomic E-state index is -0.503. The van der Waals surface area contributed by atoms with Gasteiger partial charge in [0.2, 0.25) is 0 Å². The summed E-state index contributed by atoms with van der Waals surface area (Å²) in [5.41, 5.74) is 4.42. The molecule has 7 rings (SSSR count). The first-order valence-electron chi connectivity index (χ1n) is 11.8. The minimum absolute atomic E-state index is 0.0162. The molecule has 7 nitrogen and oxygen atoms in total. The number of aromatic nitrogens is 2. The monoisotopic (exact) mass is 412 g/mol. The summed E-state index contributed by atoms with van der Waals surface area (Å²) in [6, 6.07) is 0.512. The minimum Gasteiger partial charge on any atom is -0.390 e. The van der Waals surface area contributed by atoms with Crippen molar-refractivity contribution in [3.8, 4) is 0 Å². The predicted molar refractivity (Wildman–Crippen MR) is 109 cm³/mol. The van der Waals surface area contributed by atoms with Gasteiger partial charge in [-0.25, -0.2) is 15.4 Å². The standard InChI is InChI=1S/C23H32N4O3/c28-22(18-12-24-13-25-20(18)19-5-2-6-30-19)27(26-17-3-1-4-17)21-15-7-14-8-16(21)11-23(29,9-14)10-15/h12-17,19,21,26,29H,1-11H2. The van der Waals surface area contributed by atoms with Crippen LogP contribution in [0.4, 0.5) is 0 Å². The van der Waals surface area contributed by atoms with E-state index < -0.39 is 5.60 Å². The Morgan fingerprint density at radius 3 is 2.60 bits per heavy atom. The predicted octanol–water partition coefficient (Wildman–Crippen LogP) is 2.77. The molecule has 5 aliphatic carbocycles. The average molecular weight is 413 g/mol. The van der Waals surface area contributed by atoms with E-state index in [0.717, 1.165) is 70.1 Å². The fourth-order valence-corrected chi connectivity index (χ4v) is 7.07. The first-order valence-corrected chi connectivity index (χ1v) is 11.8. The largest absolute Gasteiger partial charge is 0.390 e. The Hall–Kier alpha value is -1.57. The molecule has 7 heteroatoms. The maximum absolute atomic E-state index is 14.0. The quantitative estimate of drug-likeness (QED) is 0.723. The molecule has 0 spiro atoms. The summed E-state index contributed by atoms with van der Waals surface area (Å²) in [4.78, 5) is 22.6. The first-order chi connectivity index (χ1) is 14.6. The molecule has 2 N–H and O–H groups in total. The number of amides is 1. The zero-order valence-corrected chi connectivity index (χ0v) is 17.5. The second kappa shape index (κ2) is 7.24. The smallest absolute Gasteiger partial charge is 0.271 e. The van der Waals surface area contributed by atoms with Gasteiger partial charge >= 0.3 is 0 Å². The van der Waals surface area contributed by atoms with Crippen LogP contribution in [-0.4, -0.2) is 50.3 Å². The van der Waals surface area contributed by atoms with E-state index in [1.807, 2.05) is 5.01 Å². The Morgan fingerprint density at radius 2 is 1.97 bits per heavy atom. The van der Waals surface area contributed by atoms with Gasteiger partial charge in [-0.3, -0.25) is 9.80 Å². The summed E-state index contributed by atoms with van der Waals surface area (Å²) < 4.78 is 5.86. The zero-order chi connectivity index (χ0) is 20.3. The number of hydrogen-bond donors (Lipinski definition) is 2. The number of hydrazine groups is 1. The SMILES string of the molecule is O=C(c1cncnc1C1CCCO1)N(NC1CCC1)C1C2CC3CC1CC(O)(C3)C2. The van der Waals surface area contributed by atoms with Crippen molar-refractivity contribution in [1.82, 2.24) is 20.4 Å². The lowest BCUT2D eigenvalue weighted by Crippen LogP contribution is -2.66. The average Bonchev–Trinajstić information content (AvgIpc) is 3.21. The van der Waals surface area contributed by atoms with E-state index in [1.165, 1.54) is 12.7 Å². The summed E-state index contributed by atoms with van der Waals surface area (Å²) >= 11 is 0. The summed E-state index contributed by atoms with van der Waals surface area (Å²) in [5, 5.41) is 13.0. The number of rotatable bonds is 5. The Kier molecular flexibility index (Phi) is 4.62. The zero-order valence-electron chi connectivity index (χ0n) is 17.5. The molecule has 1 amide bonds. The van der Waals surface area contributed by atoms with Crippen LogP contribution in [-0.2, 0) is 4.74 Å². The molecule has 3 unspecified atom stereocenters. The molecule has 2 heterocycles. The third-order valence-electron chi connectivity index (χ3n) is 8.34. The van der Waals surface area contributed by atoms with Crippen molar-refractivity contribution >= 4 is 5.91 Å². The topological polar surface area (TPSA) is 87.6 Å². The van der Waals surface area contributed by atoms with Crippen LogP contribution in [0.15, 0.2) is 12.5 Å². The highest BCUT2D eigenvalue weighted by Gasteiger charge is 2.57. The third kappa shape index (κ3) is 3.17. The molecule has 162 valence electrons. The van der Waals surface area contributed by atoms with Crippen molar-refractivity contribution < 1.29 is 14.6 Å². The summed E-state index contributed by atoms with van der Waals surface area (Å²) in [6.07, 6.45) is 13.3. The van der Waals surface area contributed by atoms with E-state index in [0.29, 0.717) is 29.4 Å². The Morgan fingerprint density at radius 1 is 1.17 bits per heavy atom. The van der Waals surface area contributed by atoms with E-state index in [4.69, 9.17) is 4.74 Å². The molecule has 30 heavy (non-hydrogen) atoms. The second-order valence-corrected chi connectivity index (χ2v) is 10.4. The van der Waals surface area contributed by atoms with E-state index in [9.17, 15) is 9.90 Å². The van der Waals surface area contributed by atoms with Crippen molar-refractivity contribution in [3.05, 3.63) is 23.8 Å². The fourth-order valence-electron chi connectivity index (χ4n) is 7.07. The number of carbonyl (C=O) groups is 1. The number of carbonyl (C=O) groups excluding carboxylic acids is 1. The van der Waals surface area contributed by atoms with Crippen molar-refractivity contribution in [2.45, 2.75) is 88.0 Å². The molecule has 0 aromatic carbocycles. The molecule has 1 aromatic rings. The molecular formula is C23H32N4O3. The molecule has 1 aromatic heterocycles. The van der Waals surface area contributed by atoms with Gasteiger partial charge in [0.15, 0.2) is 0 Å². The van der Waals surface area contributed by atoms with E-state index >= 15 is 0 Å². The molecule has 5 saturated carbocycles. The van der Waals surface area contributed by atoms with Crippen LogP contribution in [0.25, 0.3) is 0 Å². The second-order valence-electron chi connectivity index (χ2n) is 10.4. The van der Waals surface area contributed by atoms with Gasteiger partial charge in [0.1, 0.15) is 12.4 Å². The van der Waals surface area contributed by atoms with Crippen LogP contribution in [0.1, 0.15) is 86.4 Å². The van der Waals surface area contributed by atoms with Crippen LogP contribution in [0.2, 0.25) is 0 Å². The molecule has 0 radical (unpaired) electrons. The van der Waals surface area contributed by atoms with Crippen LogP contribution in [0.3, 0.4) is 0 Å². The van der Waals surface area contributed by atoms with Gasteiger partial charge in [-0.2, -0.15) is 0 Å². The van der Waals surface area contributed by atoms with Crippen LogP contribution < -0.4 is 5.43 Å². The number of nitrogens with one attached hydrogen (secondary N) is 1. The van der Waals surface area contributed by atoms with Crippen LogP contribution >= 0.6 is 0 Å². The van der Waals surface area contributed by atoms with Gasteiger partial charge in [0.25, 0.3) is 5.91 Å². The summed E-state index contributed by atoms with van der Waals surface area (Å²) in [7, 11) is 0. The highest BCUT2D eigenvalue weighted by atomic mass is 16.5. The van der Waals surface area contributed by atoms with Crippen molar-refractivity contribution in [1.29, 1.82) is 0 Å². The molecule has 1 saturated heterocycles. The van der Waals surface area contributed by atoms with Crippen molar-refractivity contribution in [3.63, 3.8) is 0 Å². The van der Waals surface area contributed by atoms with E-state index in [-0.39, 0.29) is 18.1 Å². The van der Waals surface area contributed by atoms with Gasteiger partial charge in [-0.1, -0.05) is 6.42 Å². The van der Waals surface area contributed by atoms with Crippen LogP contribution in [0, 0.1) is 17.8 Å². The molecule has 3 atom stereocenters. The Balaban J connectivity index is 1.33. The molecule has 1 aliphatic heterocycles. The number of ether oxygens (including phenoxy) is 1. The Bertz CT molecular complexity index is 806. The number of hydrogen-bond acceptors (Lipinski definition) is 6. The Labute approximate surface area is 177 Å². The molecule has 4 bridgehead atoms. The molecule has 6 fully saturated rings. The fraction of sp³-hybridized carbons (Fsp3) is 0.783. The van der Waals surface area contributed by atoms with Crippen LogP contribution in [0.5, 0.6) is 0 Å². The first kappa shape index (κ1) is 19.1. The van der Waals surface area contributed by atoms with Gasteiger partial charge in [-0.15, -0.1) is 0 Å². The molecule has 6 aliphatic rings. The number of nitrogens with zero attached hydrogens (tertiary/aromatic N) is 3. The van der Waals surface area contributed by atoms with E-state index in [1.54, 1.807) is 6.20 Å². The van der Waals surface area contributed by atoms with Gasteiger partial charge in [0, 0.05) is 18.8 Å². The summed E-state index contributed by atoms with van der Waals surface area (Å²) in [5.74, 6) is 1.34. The summed E-state index contributed by atoms with van der Waals surface area (Å²) in [6.45, 7) is 0.721.